The first-order valence-electron chi connectivity index (χ1n) is 7.75. The highest BCUT2D eigenvalue weighted by Gasteiger charge is 2.36. The normalized spacial score (nSPS) is 26.9. The van der Waals surface area contributed by atoms with Gasteiger partial charge in [0.05, 0.1) is 0 Å². The lowest BCUT2D eigenvalue weighted by Crippen LogP contribution is -2.42. The average Bonchev–Trinajstić information content (AvgIpc) is 2.82. The van der Waals surface area contributed by atoms with Gasteiger partial charge < -0.3 is 10.6 Å². The quantitative estimate of drug-likeness (QED) is 0.895. The van der Waals surface area contributed by atoms with E-state index in [4.69, 9.17) is 5.73 Å². The summed E-state index contributed by atoms with van der Waals surface area (Å²) in [5, 5.41) is 0. The van der Waals surface area contributed by atoms with Gasteiger partial charge in [0.15, 0.2) is 0 Å². The zero-order chi connectivity index (χ0) is 14.7. The van der Waals surface area contributed by atoms with Crippen LogP contribution in [0.5, 0.6) is 0 Å². The molecule has 112 valence electrons. The lowest BCUT2D eigenvalue weighted by Gasteiger charge is -2.32. The summed E-state index contributed by atoms with van der Waals surface area (Å²) in [5.74, 6) is 0.710. The maximum Gasteiger partial charge on any atom is 0.0453 e. The predicted molar refractivity (Wildman–Crippen MR) is 85.7 cm³/mol. The van der Waals surface area contributed by atoms with Crippen molar-refractivity contribution in [2.24, 2.45) is 11.7 Å². The molecule has 4 atom stereocenters. The molecule has 1 fully saturated rings. The summed E-state index contributed by atoms with van der Waals surface area (Å²) in [6, 6.07) is 11.7. The van der Waals surface area contributed by atoms with E-state index in [9.17, 15) is 0 Å². The first kappa shape index (κ1) is 15.5. The highest BCUT2D eigenvalue weighted by atomic mass is 15.3. The molecule has 0 bridgehead atoms. The monoisotopic (exact) mass is 275 g/mol. The molecule has 2 rings (SSSR count). The molecular formula is C17H29N3. The molecule has 20 heavy (non-hydrogen) atoms. The molecule has 2 N–H and O–H groups in total. The minimum absolute atomic E-state index is 0.106. The zero-order valence-corrected chi connectivity index (χ0v) is 13.3. The first-order valence-corrected chi connectivity index (χ1v) is 7.75. The van der Waals surface area contributed by atoms with Gasteiger partial charge in [-0.25, -0.2) is 0 Å². The van der Waals surface area contributed by atoms with Crippen LogP contribution in [-0.2, 0) is 0 Å². The summed E-state index contributed by atoms with van der Waals surface area (Å²) in [5.41, 5.74) is 7.79. The maximum atomic E-state index is 6.54. The van der Waals surface area contributed by atoms with Gasteiger partial charge in [-0.15, -0.1) is 0 Å². The Balaban J connectivity index is 2.09. The number of rotatable bonds is 5. The van der Waals surface area contributed by atoms with E-state index in [1.165, 1.54) is 5.56 Å². The van der Waals surface area contributed by atoms with Crippen molar-refractivity contribution in [1.29, 1.82) is 0 Å². The van der Waals surface area contributed by atoms with Crippen molar-refractivity contribution >= 4 is 0 Å². The highest BCUT2D eigenvalue weighted by Crippen LogP contribution is 2.28. The standard InChI is InChI=1S/C17H29N3/c1-5-15(17(18)14-9-7-6-8-10-14)20-11-13(2)16(12-20)19(3)4/h6-10,13,15-17H,5,11-12,18H2,1-4H3. The molecule has 1 aliphatic heterocycles. The van der Waals surface area contributed by atoms with Gasteiger partial charge in [-0.1, -0.05) is 44.2 Å². The molecule has 0 radical (unpaired) electrons. The predicted octanol–water partition coefficient (Wildman–Crippen LogP) is 2.35. The largest absolute Gasteiger partial charge is 0.323 e. The molecule has 1 aromatic rings. The summed E-state index contributed by atoms with van der Waals surface area (Å²) < 4.78 is 0. The molecule has 1 saturated heterocycles. The second-order valence-corrected chi connectivity index (χ2v) is 6.37. The number of likely N-dealkylation sites (N-methyl/N-ethyl adjacent to an activating group) is 1. The third-order valence-corrected chi connectivity index (χ3v) is 4.75. The molecule has 1 heterocycles. The van der Waals surface area contributed by atoms with Crippen molar-refractivity contribution in [3.8, 4) is 0 Å². The summed E-state index contributed by atoms with van der Waals surface area (Å²) in [7, 11) is 4.37. The zero-order valence-electron chi connectivity index (χ0n) is 13.3. The summed E-state index contributed by atoms with van der Waals surface area (Å²) >= 11 is 0. The van der Waals surface area contributed by atoms with E-state index in [1.807, 2.05) is 0 Å². The van der Waals surface area contributed by atoms with Crippen molar-refractivity contribution < 1.29 is 0 Å². The molecular weight excluding hydrogens is 246 g/mol. The van der Waals surface area contributed by atoms with E-state index in [0.717, 1.165) is 19.5 Å². The SMILES string of the molecule is CCC(C(N)c1ccccc1)N1CC(C)C(N(C)C)C1. The number of likely N-dealkylation sites (tertiary alicyclic amines) is 1. The van der Waals surface area contributed by atoms with E-state index in [2.05, 4.69) is 68.1 Å². The number of nitrogens with zero attached hydrogens (tertiary/aromatic N) is 2. The number of hydrogen-bond donors (Lipinski definition) is 1. The van der Waals surface area contributed by atoms with Crippen molar-refractivity contribution in [2.45, 2.75) is 38.4 Å². The Hall–Kier alpha value is -0.900. The fraction of sp³-hybridized carbons (Fsp3) is 0.647. The molecule has 0 aromatic heterocycles. The van der Waals surface area contributed by atoms with E-state index in [-0.39, 0.29) is 6.04 Å². The molecule has 3 nitrogen and oxygen atoms in total. The van der Waals surface area contributed by atoms with Crippen molar-refractivity contribution in [3.05, 3.63) is 35.9 Å². The van der Waals surface area contributed by atoms with Crippen molar-refractivity contribution in [1.82, 2.24) is 9.80 Å². The third-order valence-electron chi connectivity index (χ3n) is 4.75. The molecule has 1 aromatic carbocycles. The Morgan fingerprint density at radius 2 is 1.90 bits per heavy atom. The van der Waals surface area contributed by atoms with E-state index in [0.29, 0.717) is 18.0 Å². The fourth-order valence-electron chi connectivity index (χ4n) is 3.57. The lowest BCUT2D eigenvalue weighted by atomic mass is 9.97. The summed E-state index contributed by atoms with van der Waals surface area (Å²) in [4.78, 5) is 4.94. The molecule has 4 unspecified atom stereocenters. The van der Waals surface area contributed by atoms with Crippen LogP contribution >= 0.6 is 0 Å². The van der Waals surface area contributed by atoms with Crippen molar-refractivity contribution in [2.75, 3.05) is 27.2 Å². The molecule has 0 aliphatic carbocycles. The van der Waals surface area contributed by atoms with E-state index >= 15 is 0 Å². The Bertz CT molecular complexity index is 404. The van der Waals surface area contributed by atoms with Gasteiger partial charge in [0.2, 0.25) is 0 Å². The molecule has 1 aliphatic rings. The van der Waals surface area contributed by atoms with Crippen LogP contribution in [0.3, 0.4) is 0 Å². The van der Waals surface area contributed by atoms with Gasteiger partial charge in [0, 0.05) is 31.2 Å². The van der Waals surface area contributed by atoms with Crippen molar-refractivity contribution in [3.63, 3.8) is 0 Å². The van der Waals surface area contributed by atoms with Gasteiger partial charge in [0.1, 0.15) is 0 Å². The Kier molecular flexibility index (Phi) is 5.19. The Morgan fingerprint density at radius 3 is 2.40 bits per heavy atom. The number of nitrogens with two attached hydrogens (primary N) is 1. The second-order valence-electron chi connectivity index (χ2n) is 6.37. The smallest absolute Gasteiger partial charge is 0.0453 e. The topological polar surface area (TPSA) is 32.5 Å². The van der Waals surface area contributed by atoms with Crippen LogP contribution in [0.15, 0.2) is 30.3 Å². The van der Waals surface area contributed by atoms with Gasteiger partial charge in [-0.2, -0.15) is 0 Å². The number of hydrogen-bond acceptors (Lipinski definition) is 3. The third kappa shape index (κ3) is 3.22. The second kappa shape index (κ2) is 6.70. The van der Waals surface area contributed by atoms with Crippen LogP contribution in [0.4, 0.5) is 0 Å². The van der Waals surface area contributed by atoms with Crippen LogP contribution < -0.4 is 5.73 Å². The molecule has 0 spiro atoms. The van der Waals surface area contributed by atoms with Crippen LogP contribution in [0.25, 0.3) is 0 Å². The maximum absolute atomic E-state index is 6.54. The Morgan fingerprint density at radius 1 is 1.25 bits per heavy atom. The summed E-state index contributed by atoms with van der Waals surface area (Å²) in [6.07, 6.45) is 1.10. The van der Waals surface area contributed by atoms with Crippen LogP contribution in [0.2, 0.25) is 0 Å². The van der Waals surface area contributed by atoms with Crippen LogP contribution in [0.1, 0.15) is 31.9 Å². The fourth-order valence-corrected chi connectivity index (χ4v) is 3.57. The number of benzene rings is 1. The van der Waals surface area contributed by atoms with E-state index < -0.39 is 0 Å². The molecule has 3 heteroatoms. The molecule has 0 saturated carbocycles. The van der Waals surface area contributed by atoms with Crippen LogP contribution in [-0.4, -0.2) is 49.1 Å². The summed E-state index contributed by atoms with van der Waals surface area (Å²) in [6.45, 7) is 6.89. The minimum Gasteiger partial charge on any atom is -0.323 e. The van der Waals surface area contributed by atoms with E-state index in [1.54, 1.807) is 0 Å². The first-order chi connectivity index (χ1) is 9.54. The van der Waals surface area contributed by atoms with Gasteiger partial charge in [-0.05, 0) is 32.0 Å². The molecule has 0 amide bonds. The van der Waals surface area contributed by atoms with Gasteiger partial charge in [-0.3, -0.25) is 4.90 Å². The lowest BCUT2D eigenvalue weighted by molar-refractivity contribution is 0.186. The highest BCUT2D eigenvalue weighted by molar-refractivity contribution is 5.20. The van der Waals surface area contributed by atoms with Gasteiger partial charge >= 0.3 is 0 Å². The van der Waals surface area contributed by atoms with Crippen LogP contribution in [0, 0.1) is 5.92 Å². The van der Waals surface area contributed by atoms with Gasteiger partial charge in [0.25, 0.3) is 0 Å². The minimum atomic E-state index is 0.106. The Labute approximate surface area is 123 Å². The average molecular weight is 275 g/mol.